The van der Waals surface area contributed by atoms with Crippen molar-refractivity contribution in [1.82, 2.24) is 4.90 Å². The third-order valence-corrected chi connectivity index (χ3v) is 5.52. The van der Waals surface area contributed by atoms with Crippen LogP contribution in [-0.2, 0) is 11.3 Å². The number of carbonyl (C=O) groups is 1. The number of halogens is 1. The number of hydrogen-bond acceptors (Lipinski definition) is 2. The van der Waals surface area contributed by atoms with Crippen LogP contribution in [0.3, 0.4) is 0 Å². The van der Waals surface area contributed by atoms with Crippen LogP contribution in [0.1, 0.15) is 43.5 Å². The highest BCUT2D eigenvalue weighted by molar-refractivity contribution is 14.1. The van der Waals surface area contributed by atoms with Gasteiger partial charge in [-0.15, -0.1) is 0 Å². The lowest BCUT2D eigenvalue weighted by atomic mass is 9.96. The molecule has 0 aliphatic rings. The summed E-state index contributed by atoms with van der Waals surface area (Å²) >= 11 is 2.32. The maximum Gasteiger partial charge on any atom is 0.411 e. The van der Waals surface area contributed by atoms with Gasteiger partial charge in [0.1, 0.15) is 5.60 Å². The number of rotatable bonds is 5. The zero-order valence-electron chi connectivity index (χ0n) is 17.0. The first kappa shape index (κ1) is 21.4. The smallest absolute Gasteiger partial charge is 0.411 e. The number of amides is 1. The maximum absolute atomic E-state index is 13.4. The lowest BCUT2D eigenvalue weighted by Crippen LogP contribution is -2.39. The van der Waals surface area contributed by atoms with E-state index in [1.807, 2.05) is 74.2 Å². The Morgan fingerprint density at radius 2 is 1.34 bits per heavy atom. The highest BCUT2D eigenvalue weighted by Gasteiger charge is 2.31. The van der Waals surface area contributed by atoms with Crippen molar-refractivity contribution in [2.24, 2.45) is 0 Å². The Kier molecular flexibility index (Phi) is 6.96. The number of ether oxygens (including phenoxy) is 1. The van der Waals surface area contributed by atoms with Gasteiger partial charge in [-0.25, -0.2) is 4.79 Å². The molecule has 0 aliphatic carbocycles. The predicted octanol–water partition coefficient (Wildman–Crippen LogP) is 6.82. The molecule has 0 saturated carbocycles. The molecule has 0 fully saturated rings. The van der Waals surface area contributed by atoms with Crippen molar-refractivity contribution in [2.45, 2.75) is 39.0 Å². The lowest BCUT2D eigenvalue weighted by molar-refractivity contribution is 0.0171. The Hall–Kier alpha value is -2.34. The second kappa shape index (κ2) is 9.44. The molecule has 0 atom stereocenters. The Balaban J connectivity index is 2.09. The zero-order valence-corrected chi connectivity index (χ0v) is 19.2. The summed E-state index contributed by atoms with van der Waals surface area (Å²) < 4.78 is 6.94. The van der Waals surface area contributed by atoms with E-state index in [9.17, 15) is 4.79 Å². The molecule has 3 rings (SSSR count). The van der Waals surface area contributed by atoms with Crippen LogP contribution in [0.15, 0.2) is 84.9 Å². The zero-order chi connectivity index (χ0) is 20.9. The van der Waals surface area contributed by atoms with Crippen molar-refractivity contribution >= 4 is 28.7 Å². The number of hydrogen-bond donors (Lipinski definition) is 0. The lowest BCUT2D eigenvalue weighted by Gasteiger charge is -2.34. The maximum atomic E-state index is 13.4. The van der Waals surface area contributed by atoms with E-state index in [0.29, 0.717) is 6.54 Å². The fourth-order valence-corrected chi connectivity index (χ4v) is 3.77. The van der Waals surface area contributed by atoms with Gasteiger partial charge in [0.15, 0.2) is 0 Å². The molecule has 4 heteroatoms. The highest BCUT2D eigenvalue weighted by atomic mass is 127. The molecule has 0 N–H and O–H groups in total. The van der Waals surface area contributed by atoms with Crippen molar-refractivity contribution in [3.8, 4) is 0 Å². The summed E-state index contributed by atoms with van der Waals surface area (Å²) in [5, 5.41) is 0. The second-order valence-corrected chi connectivity index (χ2v) is 9.09. The largest absolute Gasteiger partial charge is 0.444 e. The van der Waals surface area contributed by atoms with Gasteiger partial charge in [0.2, 0.25) is 0 Å². The second-order valence-electron chi connectivity index (χ2n) is 7.92. The van der Waals surface area contributed by atoms with Gasteiger partial charge in [-0.1, -0.05) is 78.9 Å². The average molecular weight is 499 g/mol. The van der Waals surface area contributed by atoms with Crippen LogP contribution in [-0.4, -0.2) is 16.6 Å². The Morgan fingerprint density at radius 1 is 0.862 bits per heavy atom. The Labute approximate surface area is 186 Å². The first-order valence-corrected chi connectivity index (χ1v) is 10.8. The minimum absolute atomic E-state index is 0.247. The third kappa shape index (κ3) is 5.82. The van der Waals surface area contributed by atoms with Gasteiger partial charge < -0.3 is 4.74 Å². The van der Waals surface area contributed by atoms with Gasteiger partial charge in [-0.3, -0.25) is 4.90 Å². The molecule has 0 unspecified atom stereocenters. The molecule has 0 bridgehead atoms. The number of nitrogens with zero attached hydrogens (tertiary/aromatic N) is 1. The van der Waals surface area contributed by atoms with Crippen molar-refractivity contribution in [3.63, 3.8) is 0 Å². The summed E-state index contributed by atoms with van der Waals surface area (Å²) in [5.41, 5.74) is 2.62. The molecule has 29 heavy (non-hydrogen) atoms. The van der Waals surface area contributed by atoms with Crippen LogP contribution < -0.4 is 0 Å². The van der Waals surface area contributed by atoms with E-state index in [1.54, 1.807) is 0 Å². The van der Waals surface area contributed by atoms with Gasteiger partial charge in [0.05, 0.1) is 12.6 Å². The molecule has 0 aliphatic heterocycles. The molecule has 3 aromatic carbocycles. The van der Waals surface area contributed by atoms with Gasteiger partial charge in [-0.05, 0) is 66.1 Å². The quantitative estimate of drug-likeness (QED) is 0.361. The molecule has 0 heterocycles. The van der Waals surface area contributed by atoms with Crippen LogP contribution in [0, 0.1) is 3.57 Å². The van der Waals surface area contributed by atoms with E-state index < -0.39 is 5.60 Å². The predicted molar refractivity (Wildman–Crippen MR) is 126 cm³/mol. The summed E-state index contributed by atoms with van der Waals surface area (Å²) in [7, 11) is 0. The Bertz CT molecular complexity index is 896. The minimum atomic E-state index is -0.572. The van der Waals surface area contributed by atoms with Crippen LogP contribution >= 0.6 is 22.6 Å². The van der Waals surface area contributed by atoms with Crippen molar-refractivity contribution < 1.29 is 9.53 Å². The van der Waals surface area contributed by atoms with E-state index in [2.05, 4.69) is 59.0 Å². The van der Waals surface area contributed by atoms with Crippen molar-refractivity contribution in [3.05, 3.63) is 105 Å². The normalized spacial score (nSPS) is 11.3. The van der Waals surface area contributed by atoms with Crippen LogP contribution in [0.5, 0.6) is 0 Å². The fraction of sp³-hybridized carbons (Fsp3) is 0.240. The average Bonchev–Trinajstić information content (AvgIpc) is 2.69. The standard InChI is InChI=1S/C25H26INO2/c1-25(2,3)29-24(28)27(18-21-16-10-11-17-22(21)26)23(19-12-6-4-7-13-19)20-14-8-5-9-15-20/h4-17,23H,18H2,1-3H3. The van der Waals surface area contributed by atoms with Crippen LogP contribution in [0.4, 0.5) is 4.79 Å². The molecular formula is C25H26INO2. The summed E-state index contributed by atoms with van der Waals surface area (Å²) in [6.07, 6.45) is -0.324. The minimum Gasteiger partial charge on any atom is -0.444 e. The SMILES string of the molecule is CC(C)(C)OC(=O)N(Cc1ccccc1I)C(c1ccccc1)c1ccccc1. The first-order chi connectivity index (χ1) is 13.8. The highest BCUT2D eigenvalue weighted by Crippen LogP contribution is 2.32. The summed E-state index contributed by atoms with van der Waals surface area (Å²) in [5.74, 6) is 0. The van der Waals surface area contributed by atoms with Gasteiger partial charge in [0.25, 0.3) is 0 Å². The Morgan fingerprint density at radius 3 is 1.83 bits per heavy atom. The molecule has 0 aromatic heterocycles. The molecular weight excluding hydrogens is 473 g/mol. The molecule has 1 amide bonds. The topological polar surface area (TPSA) is 29.5 Å². The van der Waals surface area contributed by atoms with Crippen LogP contribution in [0.25, 0.3) is 0 Å². The molecule has 0 radical (unpaired) electrons. The first-order valence-electron chi connectivity index (χ1n) is 9.68. The summed E-state index contributed by atoms with van der Waals surface area (Å²) in [4.78, 5) is 15.2. The van der Waals surface area contributed by atoms with Gasteiger partial charge >= 0.3 is 6.09 Å². The van der Waals surface area contributed by atoms with E-state index in [-0.39, 0.29) is 12.1 Å². The molecule has 3 nitrogen and oxygen atoms in total. The molecule has 150 valence electrons. The van der Waals surface area contributed by atoms with Crippen LogP contribution in [0.2, 0.25) is 0 Å². The third-order valence-electron chi connectivity index (χ3n) is 4.47. The van der Waals surface area contributed by atoms with Crippen molar-refractivity contribution in [1.29, 1.82) is 0 Å². The molecule has 3 aromatic rings. The van der Waals surface area contributed by atoms with E-state index in [4.69, 9.17) is 4.74 Å². The van der Waals surface area contributed by atoms with Gasteiger partial charge in [0, 0.05) is 3.57 Å². The summed E-state index contributed by atoms with van der Waals surface area (Å²) in [6, 6.07) is 28.1. The number of benzene rings is 3. The van der Waals surface area contributed by atoms with Crippen molar-refractivity contribution in [2.75, 3.05) is 0 Å². The van der Waals surface area contributed by atoms with E-state index in [1.165, 1.54) is 0 Å². The number of carbonyl (C=O) groups excluding carboxylic acids is 1. The molecule has 0 saturated heterocycles. The van der Waals surface area contributed by atoms with Gasteiger partial charge in [-0.2, -0.15) is 0 Å². The van der Waals surface area contributed by atoms with E-state index >= 15 is 0 Å². The fourth-order valence-electron chi connectivity index (χ4n) is 3.21. The molecule has 0 spiro atoms. The summed E-state index contributed by atoms with van der Waals surface area (Å²) in [6.45, 7) is 6.16. The monoisotopic (exact) mass is 499 g/mol. The van der Waals surface area contributed by atoms with E-state index in [0.717, 1.165) is 20.3 Å².